The third kappa shape index (κ3) is 5.80. The van der Waals surface area contributed by atoms with Gasteiger partial charge in [0.15, 0.2) is 17.5 Å². The molecule has 0 bridgehead atoms. The van der Waals surface area contributed by atoms with Crippen molar-refractivity contribution in [1.82, 2.24) is 15.0 Å². The molecule has 0 amide bonds. The molecule has 0 N–H and O–H groups in total. The lowest BCUT2D eigenvalue weighted by atomic mass is 9.55. The normalized spacial score (nSPS) is 19.2. The van der Waals surface area contributed by atoms with Gasteiger partial charge in [0.1, 0.15) is 0 Å². The third-order valence-corrected chi connectivity index (χ3v) is 16.1. The molecule has 67 heavy (non-hydrogen) atoms. The summed E-state index contributed by atoms with van der Waals surface area (Å²) >= 11 is 0. The fraction of sp³-hybridized carbons (Fsp3) is 0.172. The summed E-state index contributed by atoms with van der Waals surface area (Å²) in [4.78, 5) is 16.1. The Morgan fingerprint density at radius 2 is 1.18 bits per heavy atom. The summed E-state index contributed by atoms with van der Waals surface area (Å²) in [6.07, 6.45) is 19.9. The van der Waals surface area contributed by atoms with Crippen LogP contribution in [0.5, 0.6) is 0 Å². The molecule has 0 saturated heterocycles. The first kappa shape index (κ1) is 38.7. The van der Waals surface area contributed by atoms with Gasteiger partial charge in [0, 0.05) is 22.1 Å². The van der Waals surface area contributed by atoms with Crippen molar-refractivity contribution >= 4 is 23.3 Å². The summed E-state index contributed by atoms with van der Waals surface area (Å²) < 4.78 is 0. The summed E-state index contributed by atoms with van der Waals surface area (Å²) in [7, 11) is 0. The lowest BCUT2D eigenvalue weighted by Crippen LogP contribution is -2.40. The van der Waals surface area contributed by atoms with Crippen molar-refractivity contribution in [1.29, 1.82) is 0 Å². The maximum absolute atomic E-state index is 5.46. The average molecular weight is 860 g/mol. The Morgan fingerprint density at radius 1 is 0.507 bits per heavy atom. The monoisotopic (exact) mass is 859 g/mol. The van der Waals surface area contributed by atoms with Crippen LogP contribution in [-0.4, -0.2) is 15.0 Å². The van der Waals surface area contributed by atoms with E-state index in [9.17, 15) is 0 Å². The van der Waals surface area contributed by atoms with Crippen molar-refractivity contribution in [3.05, 3.63) is 243 Å². The van der Waals surface area contributed by atoms with Gasteiger partial charge >= 0.3 is 0 Å². The van der Waals surface area contributed by atoms with Gasteiger partial charge in [-0.15, -0.1) is 0 Å². The minimum atomic E-state index is -0.558. The standard InChI is InChI=1S/C64H49N3/c1-63(2)54-18-8-10-20-56(54)64(57-21-11-9-19-55(57)63)53-34-32-46(44-31-33-50-47(35-44)30-25-40-13-6-7-16-49(40)50)38-52(53)59-51(17-12-22-58(59)64)62-66-60(41-14-4-3-5-15-41)65-61(67-62)42-26-23-39(24-27-42)43-28-29-45-37-48(45)36-43/h3-5,7-12,14-30,32,34-36,38,45,48H,6,13,31,33,37H2,1-2H3. The van der Waals surface area contributed by atoms with Crippen molar-refractivity contribution in [2.45, 2.75) is 56.8 Å². The number of hydrogen-bond donors (Lipinski definition) is 0. The molecule has 2 atom stereocenters. The molecule has 8 aromatic rings. The lowest BCUT2D eigenvalue weighted by Gasteiger charge is -2.46. The van der Waals surface area contributed by atoms with Crippen LogP contribution in [0.3, 0.4) is 0 Å². The molecule has 0 aliphatic heterocycles. The van der Waals surface area contributed by atoms with Crippen LogP contribution in [0.2, 0.25) is 0 Å². The molecular formula is C64H49N3. The predicted molar refractivity (Wildman–Crippen MR) is 274 cm³/mol. The van der Waals surface area contributed by atoms with Gasteiger partial charge in [-0.05, 0) is 139 Å². The minimum absolute atomic E-state index is 0.193. The van der Waals surface area contributed by atoms with E-state index in [1.807, 2.05) is 6.07 Å². The van der Waals surface area contributed by atoms with Crippen LogP contribution < -0.4 is 0 Å². The zero-order valence-corrected chi connectivity index (χ0v) is 37.9. The molecule has 1 fully saturated rings. The van der Waals surface area contributed by atoms with Gasteiger partial charge < -0.3 is 0 Å². The Morgan fingerprint density at radius 3 is 1.94 bits per heavy atom. The quantitative estimate of drug-likeness (QED) is 0.173. The Labute approximate surface area is 393 Å². The van der Waals surface area contributed by atoms with Gasteiger partial charge in [0.25, 0.3) is 0 Å². The molecule has 3 nitrogen and oxygen atoms in total. The maximum Gasteiger partial charge on any atom is 0.164 e. The van der Waals surface area contributed by atoms with Crippen LogP contribution in [-0.2, 0) is 23.7 Å². The summed E-state index contributed by atoms with van der Waals surface area (Å²) in [6, 6.07) is 56.6. The van der Waals surface area contributed by atoms with Crippen LogP contribution in [0.1, 0.15) is 99.9 Å². The molecule has 3 heteroatoms. The van der Waals surface area contributed by atoms with Gasteiger partial charge in [-0.1, -0.05) is 196 Å². The number of allylic oxidation sites excluding steroid dienone is 6. The first-order valence-electron chi connectivity index (χ1n) is 24.3. The van der Waals surface area contributed by atoms with E-state index in [0.29, 0.717) is 23.4 Å². The van der Waals surface area contributed by atoms with Crippen LogP contribution in [0.25, 0.3) is 68.6 Å². The molecule has 14 rings (SSSR count). The molecule has 2 unspecified atom stereocenters. The van der Waals surface area contributed by atoms with Gasteiger partial charge in [0.05, 0.1) is 5.41 Å². The molecule has 6 aliphatic carbocycles. The Hall–Kier alpha value is -7.49. The van der Waals surface area contributed by atoms with Gasteiger partial charge in [-0.2, -0.15) is 0 Å². The molecule has 6 aliphatic rings. The van der Waals surface area contributed by atoms with Crippen molar-refractivity contribution in [2.24, 2.45) is 11.8 Å². The fourth-order valence-corrected chi connectivity index (χ4v) is 12.6. The van der Waals surface area contributed by atoms with Gasteiger partial charge in [-0.3, -0.25) is 0 Å². The molecule has 7 aromatic carbocycles. The highest BCUT2D eigenvalue weighted by molar-refractivity contribution is 5.98. The van der Waals surface area contributed by atoms with Crippen LogP contribution in [0.4, 0.5) is 0 Å². The van der Waals surface area contributed by atoms with Gasteiger partial charge in [-0.25, -0.2) is 15.0 Å². The summed E-state index contributed by atoms with van der Waals surface area (Å²) in [6.45, 7) is 4.78. The highest BCUT2D eigenvalue weighted by Crippen LogP contribution is 2.63. The molecule has 1 saturated carbocycles. The SMILES string of the molecule is CC1(C)c2ccccc2C2(c3ccc(C4=Cc5ccc6c(c5CC4)C=CCC6)cc3-c3c(-c4nc(-c5ccccc5)nc(-c5ccc(C6=CC7CC7C=C6)cc5)n4)cccc32)c2ccccc21. The van der Waals surface area contributed by atoms with Gasteiger partial charge in [0.2, 0.25) is 0 Å². The second kappa shape index (κ2) is 14.5. The van der Waals surface area contributed by atoms with Crippen LogP contribution in [0, 0.1) is 11.8 Å². The Bertz CT molecular complexity index is 3480. The number of nitrogens with zero attached hydrogens (tertiary/aromatic N) is 3. The first-order chi connectivity index (χ1) is 32.9. The molecule has 1 aromatic heterocycles. The average Bonchev–Trinajstić information content (AvgIpc) is 4.12. The number of fused-ring (bicyclic) bond motifs is 13. The minimum Gasteiger partial charge on any atom is -0.208 e. The van der Waals surface area contributed by atoms with Crippen LogP contribution >= 0.6 is 0 Å². The third-order valence-electron chi connectivity index (χ3n) is 16.1. The van der Waals surface area contributed by atoms with E-state index in [0.717, 1.165) is 48.3 Å². The van der Waals surface area contributed by atoms with Crippen molar-refractivity contribution < 1.29 is 0 Å². The number of hydrogen-bond acceptors (Lipinski definition) is 3. The summed E-state index contributed by atoms with van der Waals surface area (Å²) in [5, 5.41) is 0. The Balaban J connectivity index is 1.00. The van der Waals surface area contributed by atoms with Crippen molar-refractivity contribution in [2.75, 3.05) is 0 Å². The highest BCUT2D eigenvalue weighted by atomic mass is 15.0. The molecule has 320 valence electrons. The predicted octanol–water partition coefficient (Wildman–Crippen LogP) is 14.9. The molecule has 1 spiro atoms. The van der Waals surface area contributed by atoms with Crippen molar-refractivity contribution in [3.63, 3.8) is 0 Å². The summed E-state index contributed by atoms with van der Waals surface area (Å²) in [5.41, 5.74) is 23.6. The Kier molecular flexibility index (Phi) is 8.39. The fourth-order valence-electron chi connectivity index (χ4n) is 12.6. The first-order valence-corrected chi connectivity index (χ1v) is 24.3. The van der Waals surface area contributed by atoms with E-state index in [-0.39, 0.29) is 5.41 Å². The number of benzene rings is 7. The number of aryl methyl sites for hydroxylation is 1. The zero-order valence-electron chi connectivity index (χ0n) is 37.9. The second-order valence-corrected chi connectivity index (χ2v) is 20.1. The largest absolute Gasteiger partial charge is 0.208 e. The molecule has 0 radical (unpaired) electrons. The van der Waals surface area contributed by atoms with E-state index in [1.165, 1.54) is 95.5 Å². The molecular weight excluding hydrogens is 811 g/mol. The van der Waals surface area contributed by atoms with E-state index in [1.54, 1.807) is 0 Å². The summed E-state index contributed by atoms with van der Waals surface area (Å²) in [5.74, 6) is 3.43. The van der Waals surface area contributed by atoms with E-state index >= 15 is 0 Å². The number of aromatic nitrogens is 3. The zero-order chi connectivity index (χ0) is 44.4. The second-order valence-electron chi connectivity index (χ2n) is 20.1. The van der Waals surface area contributed by atoms with E-state index in [4.69, 9.17) is 15.0 Å². The highest BCUT2D eigenvalue weighted by Gasteiger charge is 2.54. The maximum atomic E-state index is 5.46. The molecule has 1 heterocycles. The number of rotatable bonds is 5. The lowest BCUT2D eigenvalue weighted by molar-refractivity contribution is 0.563. The van der Waals surface area contributed by atoms with E-state index < -0.39 is 5.41 Å². The van der Waals surface area contributed by atoms with E-state index in [2.05, 4.69) is 196 Å². The van der Waals surface area contributed by atoms with Crippen molar-refractivity contribution in [3.8, 4) is 45.3 Å². The topological polar surface area (TPSA) is 38.7 Å². The van der Waals surface area contributed by atoms with Crippen LogP contribution in [0.15, 0.2) is 176 Å². The smallest absolute Gasteiger partial charge is 0.164 e.